The molecule has 0 aliphatic carbocycles. The second-order valence-electron chi connectivity index (χ2n) is 5.75. The fourth-order valence-corrected chi connectivity index (χ4v) is 2.54. The Morgan fingerprint density at radius 3 is 1.63 bits per heavy atom. The van der Waals surface area contributed by atoms with Crippen molar-refractivity contribution in [1.29, 1.82) is 0 Å². The SMILES string of the molecule is CCCCCCc1cc(C)cc(CCCCCC)n1. The molecule has 19 heavy (non-hydrogen) atoms. The Labute approximate surface area is 119 Å². The summed E-state index contributed by atoms with van der Waals surface area (Å²) < 4.78 is 0. The van der Waals surface area contributed by atoms with E-state index in [4.69, 9.17) is 4.98 Å². The maximum absolute atomic E-state index is 4.83. The van der Waals surface area contributed by atoms with Crippen LogP contribution in [0.2, 0.25) is 0 Å². The van der Waals surface area contributed by atoms with Crippen LogP contribution in [0.3, 0.4) is 0 Å². The summed E-state index contributed by atoms with van der Waals surface area (Å²) in [6.45, 7) is 6.73. The smallest absolute Gasteiger partial charge is 0.0409 e. The van der Waals surface area contributed by atoms with Gasteiger partial charge in [-0.05, 0) is 50.3 Å². The Morgan fingerprint density at radius 1 is 0.737 bits per heavy atom. The van der Waals surface area contributed by atoms with Crippen LogP contribution in [0.5, 0.6) is 0 Å². The molecule has 0 N–H and O–H groups in total. The fraction of sp³-hybridized carbons (Fsp3) is 0.722. The Kier molecular flexibility index (Phi) is 8.53. The van der Waals surface area contributed by atoms with Gasteiger partial charge in [-0.2, -0.15) is 0 Å². The van der Waals surface area contributed by atoms with E-state index in [-0.39, 0.29) is 0 Å². The van der Waals surface area contributed by atoms with Gasteiger partial charge in [-0.15, -0.1) is 0 Å². The van der Waals surface area contributed by atoms with Crippen molar-refractivity contribution in [2.75, 3.05) is 0 Å². The molecule has 0 spiro atoms. The molecule has 1 aromatic rings. The van der Waals surface area contributed by atoms with Crippen molar-refractivity contribution in [3.05, 3.63) is 29.1 Å². The van der Waals surface area contributed by atoms with E-state index in [1.165, 1.54) is 68.3 Å². The first-order valence-electron chi connectivity index (χ1n) is 8.22. The van der Waals surface area contributed by atoms with Gasteiger partial charge in [0.15, 0.2) is 0 Å². The zero-order valence-electron chi connectivity index (χ0n) is 13.2. The first kappa shape index (κ1) is 16.2. The number of pyridine rings is 1. The first-order valence-corrected chi connectivity index (χ1v) is 8.22. The minimum Gasteiger partial charge on any atom is -0.258 e. The summed E-state index contributed by atoms with van der Waals surface area (Å²) in [4.78, 5) is 4.83. The third kappa shape index (κ3) is 7.34. The number of hydrogen-bond donors (Lipinski definition) is 0. The second kappa shape index (κ2) is 10.00. The summed E-state index contributed by atoms with van der Waals surface area (Å²) >= 11 is 0. The summed E-state index contributed by atoms with van der Waals surface area (Å²) in [5.74, 6) is 0. The van der Waals surface area contributed by atoms with E-state index in [1.54, 1.807) is 0 Å². The molecule has 0 aliphatic rings. The Hall–Kier alpha value is -0.850. The van der Waals surface area contributed by atoms with Gasteiger partial charge in [-0.1, -0.05) is 52.4 Å². The van der Waals surface area contributed by atoms with Crippen LogP contribution in [-0.2, 0) is 12.8 Å². The van der Waals surface area contributed by atoms with Crippen LogP contribution < -0.4 is 0 Å². The number of rotatable bonds is 10. The number of aryl methyl sites for hydroxylation is 3. The molecule has 0 fully saturated rings. The minimum atomic E-state index is 1.16. The molecular weight excluding hydrogens is 230 g/mol. The molecule has 0 radical (unpaired) electrons. The summed E-state index contributed by atoms with van der Waals surface area (Å²) in [7, 11) is 0. The highest BCUT2D eigenvalue weighted by Crippen LogP contribution is 2.12. The van der Waals surface area contributed by atoms with E-state index in [0.29, 0.717) is 0 Å². The molecule has 0 unspecified atom stereocenters. The lowest BCUT2D eigenvalue weighted by molar-refractivity contribution is 0.647. The lowest BCUT2D eigenvalue weighted by Gasteiger charge is -2.07. The highest BCUT2D eigenvalue weighted by atomic mass is 14.7. The minimum absolute atomic E-state index is 1.16. The predicted octanol–water partition coefficient (Wildman–Crippen LogP) is 5.64. The zero-order chi connectivity index (χ0) is 13.9. The average Bonchev–Trinajstić information content (AvgIpc) is 2.39. The van der Waals surface area contributed by atoms with Gasteiger partial charge < -0.3 is 0 Å². The van der Waals surface area contributed by atoms with Gasteiger partial charge in [0.2, 0.25) is 0 Å². The van der Waals surface area contributed by atoms with Gasteiger partial charge >= 0.3 is 0 Å². The first-order chi connectivity index (χ1) is 9.26. The van der Waals surface area contributed by atoms with E-state index >= 15 is 0 Å². The Bertz CT molecular complexity index is 313. The number of unbranched alkanes of at least 4 members (excludes halogenated alkanes) is 6. The van der Waals surface area contributed by atoms with E-state index in [9.17, 15) is 0 Å². The molecule has 1 heteroatoms. The van der Waals surface area contributed by atoms with Gasteiger partial charge in [0.25, 0.3) is 0 Å². The molecule has 0 aliphatic heterocycles. The summed E-state index contributed by atoms with van der Waals surface area (Å²) in [5.41, 5.74) is 3.99. The van der Waals surface area contributed by atoms with Crippen LogP contribution in [0.1, 0.15) is 82.2 Å². The summed E-state index contributed by atoms with van der Waals surface area (Å²) in [5, 5.41) is 0. The van der Waals surface area contributed by atoms with Gasteiger partial charge in [0.05, 0.1) is 0 Å². The van der Waals surface area contributed by atoms with Crippen LogP contribution in [0, 0.1) is 6.92 Å². The molecule has 0 amide bonds. The largest absolute Gasteiger partial charge is 0.258 e. The van der Waals surface area contributed by atoms with Crippen LogP contribution >= 0.6 is 0 Å². The van der Waals surface area contributed by atoms with Crippen LogP contribution in [-0.4, -0.2) is 4.98 Å². The number of nitrogens with zero attached hydrogens (tertiary/aromatic N) is 1. The summed E-state index contributed by atoms with van der Waals surface area (Å²) in [6, 6.07) is 4.53. The number of aromatic nitrogens is 1. The van der Waals surface area contributed by atoms with Gasteiger partial charge in [0.1, 0.15) is 0 Å². The van der Waals surface area contributed by atoms with Gasteiger partial charge in [-0.25, -0.2) is 0 Å². The summed E-state index contributed by atoms with van der Waals surface area (Å²) in [6.07, 6.45) is 12.9. The lowest BCUT2D eigenvalue weighted by atomic mass is 10.1. The molecule has 108 valence electrons. The number of hydrogen-bond acceptors (Lipinski definition) is 1. The van der Waals surface area contributed by atoms with Crippen molar-refractivity contribution in [3.63, 3.8) is 0 Å². The maximum Gasteiger partial charge on any atom is 0.0409 e. The van der Waals surface area contributed by atoms with Crippen molar-refractivity contribution < 1.29 is 0 Å². The third-order valence-electron chi connectivity index (χ3n) is 3.65. The zero-order valence-corrected chi connectivity index (χ0v) is 13.2. The van der Waals surface area contributed by atoms with Crippen LogP contribution in [0.4, 0.5) is 0 Å². The highest BCUT2D eigenvalue weighted by molar-refractivity contribution is 5.20. The molecule has 0 saturated carbocycles. The van der Waals surface area contributed by atoms with Crippen molar-refractivity contribution in [2.45, 2.75) is 85.0 Å². The molecule has 1 nitrogen and oxygen atoms in total. The van der Waals surface area contributed by atoms with Gasteiger partial charge in [-0.3, -0.25) is 4.98 Å². The predicted molar refractivity (Wildman–Crippen MR) is 84.7 cm³/mol. The molecule has 1 aromatic heterocycles. The second-order valence-corrected chi connectivity index (χ2v) is 5.75. The standard InChI is InChI=1S/C18H31N/c1-4-6-8-10-12-17-14-16(3)15-18(19-17)13-11-9-7-5-2/h14-15H,4-13H2,1-3H3. The van der Waals surface area contributed by atoms with Crippen molar-refractivity contribution in [1.82, 2.24) is 4.98 Å². The van der Waals surface area contributed by atoms with E-state index in [2.05, 4.69) is 32.9 Å². The van der Waals surface area contributed by atoms with Gasteiger partial charge in [0, 0.05) is 11.4 Å². The van der Waals surface area contributed by atoms with Crippen LogP contribution in [0.25, 0.3) is 0 Å². The van der Waals surface area contributed by atoms with E-state index < -0.39 is 0 Å². The molecule has 0 aromatic carbocycles. The third-order valence-corrected chi connectivity index (χ3v) is 3.65. The molecule has 0 saturated heterocycles. The molecule has 0 atom stereocenters. The fourth-order valence-electron chi connectivity index (χ4n) is 2.54. The Balaban J connectivity index is 2.41. The van der Waals surface area contributed by atoms with Crippen LogP contribution in [0.15, 0.2) is 12.1 Å². The highest BCUT2D eigenvalue weighted by Gasteiger charge is 2.01. The maximum atomic E-state index is 4.83. The monoisotopic (exact) mass is 261 g/mol. The van der Waals surface area contributed by atoms with Crippen molar-refractivity contribution in [2.24, 2.45) is 0 Å². The van der Waals surface area contributed by atoms with Crippen molar-refractivity contribution in [3.8, 4) is 0 Å². The molecular formula is C18H31N. The van der Waals surface area contributed by atoms with E-state index in [1.807, 2.05) is 0 Å². The van der Waals surface area contributed by atoms with Crippen molar-refractivity contribution >= 4 is 0 Å². The molecule has 1 heterocycles. The molecule has 1 rings (SSSR count). The quantitative estimate of drug-likeness (QED) is 0.497. The molecule has 0 bridgehead atoms. The topological polar surface area (TPSA) is 12.9 Å². The normalized spacial score (nSPS) is 10.9. The Morgan fingerprint density at radius 2 is 1.21 bits per heavy atom. The average molecular weight is 261 g/mol. The lowest BCUT2D eigenvalue weighted by Crippen LogP contribution is -1.98. The van der Waals surface area contributed by atoms with E-state index in [0.717, 1.165) is 12.8 Å².